The monoisotopic (exact) mass is 412 g/mol. The number of unbranched alkanes of at least 4 members (excludes halogenated alkanes) is 4. The van der Waals surface area contributed by atoms with Crippen LogP contribution in [0.1, 0.15) is 64.7 Å². The van der Waals surface area contributed by atoms with Crippen molar-refractivity contribution in [2.24, 2.45) is 0 Å². The summed E-state index contributed by atoms with van der Waals surface area (Å²) in [7, 11) is -4.51. The number of carbonyl (C=O) groups is 1. The first kappa shape index (κ1) is 22.7. The number of rotatable bonds is 14. The summed E-state index contributed by atoms with van der Waals surface area (Å²) in [5.41, 5.74) is 0. The molecule has 0 bridgehead atoms. The number of phosphoric ester groups is 1. The molecule has 1 saturated carbocycles. The molecule has 0 aliphatic heterocycles. The van der Waals surface area contributed by atoms with Crippen molar-refractivity contribution in [3.05, 3.63) is 24.3 Å². The van der Waals surface area contributed by atoms with Crippen molar-refractivity contribution in [1.29, 1.82) is 0 Å². The largest absolute Gasteiger partial charge is 0.746 e. The SMILES string of the molecule is CCCCCCCC(=O)NCCOP(=O)([O-])Oc1cccc(OC2CCC2)c1. The lowest BCUT2D eigenvalue weighted by atomic mass is 9.96. The van der Waals surface area contributed by atoms with E-state index in [9.17, 15) is 14.3 Å². The van der Waals surface area contributed by atoms with Gasteiger partial charge in [-0.05, 0) is 37.8 Å². The predicted octanol–water partition coefficient (Wildman–Crippen LogP) is 3.96. The second-order valence-electron chi connectivity index (χ2n) is 7.03. The summed E-state index contributed by atoms with van der Waals surface area (Å²) in [6.07, 6.45) is 9.18. The molecule has 158 valence electrons. The fraction of sp³-hybridized carbons (Fsp3) is 0.650. The van der Waals surface area contributed by atoms with Crippen molar-refractivity contribution in [1.82, 2.24) is 5.32 Å². The third-order valence-electron chi connectivity index (χ3n) is 4.56. The number of hydrogen-bond acceptors (Lipinski definition) is 6. The van der Waals surface area contributed by atoms with Gasteiger partial charge in [0.25, 0.3) is 0 Å². The van der Waals surface area contributed by atoms with E-state index in [4.69, 9.17) is 13.8 Å². The Hall–Kier alpha value is -1.56. The average Bonchev–Trinajstić information content (AvgIpc) is 2.62. The Labute approximate surface area is 167 Å². The lowest BCUT2D eigenvalue weighted by molar-refractivity contribution is -0.216. The minimum absolute atomic E-state index is 0.0948. The highest BCUT2D eigenvalue weighted by Crippen LogP contribution is 2.40. The second kappa shape index (κ2) is 12.1. The van der Waals surface area contributed by atoms with E-state index in [2.05, 4.69) is 12.2 Å². The molecule has 1 fully saturated rings. The van der Waals surface area contributed by atoms with Crippen molar-refractivity contribution < 1.29 is 28.0 Å². The minimum atomic E-state index is -4.51. The van der Waals surface area contributed by atoms with Crippen LogP contribution in [0.2, 0.25) is 0 Å². The number of nitrogens with one attached hydrogen (secondary N) is 1. The maximum atomic E-state index is 11.9. The van der Waals surface area contributed by atoms with Gasteiger partial charge >= 0.3 is 7.82 Å². The third kappa shape index (κ3) is 9.09. The van der Waals surface area contributed by atoms with Crippen LogP contribution in [0.15, 0.2) is 24.3 Å². The topological polar surface area (TPSA) is 96.9 Å². The molecule has 1 aromatic rings. The molecule has 1 N–H and O–H groups in total. The number of benzene rings is 1. The average molecular weight is 412 g/mol. The summed E-state index contributed by atoms with van der Waals surface area (Å²) in [4.78, 5) is 23.6. The van der Waals surface area contributed by atoms with Crippen LogP contribution in [0, 0.1) is 0 Å². The molecule has 1 aliphatic carbocycles. The molecule has 1 amide bonds. The van der Waals surface area contributed by atoms with Gasteiger partial charge < -0.3 is 24.0 Å². The number of hydrogen-bond donors (Lipinski definition) is 1. The summed E-state index contributed by atoms with van der Waals surface area (Å²) in [5.74, 6) is 0.627. The van der Waals surface area contributed by atoms with Crippen LogP contribution in [0.5, 0.6) is 11.5 Å². The molecular formula is C20H31NO6P-. The summed E-state index contributed by atoms with van der Waals surface area (Å²) in [6, 6.07) is 6.50. The summed E-state index contributed by atoms with van der Waals surface area (Å²) in [6.45, 7) is 2.10. The molecule has 2 rings (SSSR count). The first-order valence-corrected chi connectivity index (χ1v) is 11.6. The van der Waals surface area contributed by atoms with E-state index in [1.807, 2.05) is 0 Å². The Kier molecular flexibility index (Phi) is 9.82. The number of carbonyl (C=O) groups excluding carboxylic acids is 1. The minimum Gasteiger partial charge on any atom is -0.746 e. The smallest absolute Gasteiger partial charge is 0.319 e. The fourth-order valence-corrected chi connectivity index (χ4v) is 3.51. The standard InChI is InChI=1S/C20H32NO6P/c1-2-3-4-5-6-13-20(22)21-14-15-25-28(23,24)27-19-12-8-11-18(16-19)26-17-9-7-10-17/h8,11-12,16-17H,2-7,9-10,13-15H2,1H3,(H,21,22)(H,23,24)/p-1. The summed E-state index contributed by atoms with van der Waals surface area (Å²) in [5, 5.41) is 2.65. The van der Waals surface area contributed by atoms with Gasteiger partial charge in [-0.15, -0.1) is 0 Å². The van der Waals surface area contributed by atoms with Crippen LogP contribution < -0.4 is 19.5 Å². The van der Waals surface area contributed by atoms with E-state index in [1.165, 1.54) is 25.0 Å². The first-order chi connectivity index (χ1) is 13.5. The van der Waals surface area contributed by atoms with Crippen LogP contribution >= 0.6 is 7.82 Å². The van der Waals surface area contributed by atoms with E-state index in [0.29, 0.717) is 12.2 Å². The van der Waals surface area contributed by atoms with Gasteiger partial charge in [-0.1, -0.05) is 38.7 Å². The van der Waals surface area contributed by atoms with Crippen molar-refractivity contribution in [3.8, 4) is 11.5 Å². The Morgan fingerprint density at radius 1 is 1.21 bits per heavy atom. The van der Waals surface area contributed by atoms with Crippen molar-refractivity contribution in [2.75, 3.05) is 13.2 Å². The first-order valence-electron chi connectivity index (χ1n) is 10.2. The zero-order valence-electron chi connectivity index (χ0n) is 16.6. The van der Waals surface area contributed by atoms with Gasteiger partial charge in [-0.3, -0.25) is 9.36 Å². The number of amides is 1. The van der Waals surface area contributed by atoms with Crippen molar-refractivity contribution in [2.45, 2.75) is 70.8 Å². The van der Waals surface area contributed by atoms with Crippen LogP contribution in [0.4, 0.5) is 0 Å². The molecule has 7 nitrogen and oxygen atoms in total. The Bertz CT molecular complexity index is 649. The molecule has 0 aromatic heterocycles. The van der Waals surface area contributed by atoms with Gasteiger partial charge in [0.2, 0.25) is 5.91 Å². The van der Waals surface area contributed by atoms with Gasteiger partial charge in [0, 0.05) is 19.0 Å². The summed E-state index contributed by atoms with van der Waals surface area (Å²) < 4.78 is 27.5. The van der Waals surface area contributed by atoms with Crippen LogP contribution in [0.3, 0.4) is 0 Å². The number of phosphoric acid groups is 1. The molecule has 1 aromatic carbocycles. The lowest BCUT2D eigenvalue weighted by Crippen LogP contribution is -2.27. The highest BCUT2D eigenvalue weighted by molar-refractivity contribution is 7.46. The van der Waals surface area contributed by atoms with Crippen molar-refractivity contribution in [3.63, 3.8) is 0 Å². The summed E-state index contributed by atoms with van der Waals surface area (Å²) >= 11 is 0. The zero-order chi connectivity index (χ0) is 20.2. The van der Waals surface area contributed by atoms with E-state index < -0.39 is 7.82 Å². The molecule has 1 unspecified atom stereocenters. The zero-order valence-corrected chi connectivity index (χ0v) is 17.5. The maximum Gasteiger partial charge on any atom is 0.319 e. The molecule has 0 spiro atoms. The number of ether oxygens (including phenoxy) is 1. The lowest BCUT2D eigenvalue weighted by Gasteiger charge is -2.27. The molecule has 0 saturated heterocycles. The Morgan fingerprint density at radius 3 is 2.68 bits per heavy atom. The normalized spacial score (nSPS) is 16.1. The van der Waals surface area contributed by atoms with Gasteiger partial charge in [-0.2, -0.15) is 0 Å². The maximum absolute atomic E-state index is 11.9. The van der Waals surface area contributed by atoms with Gasteiger partial charge in [0.05, 0.1) is 12.7 Å². The fourth-order valence-electron chi connectivity index (χ4n) is 2.77. The van der Waals surface area contributed by atoms with Gasteiger partial charge in [0.15, 0.2) is 0 Å². The van der Waals surface area contributed by atoms with Crippen LogP contribution in [0.25, 0.3) is 0 Å². The third-order valence-corrected chi connectivity index (χ3v) is 5.49. The highest BCUT2D eigenvalue weighted by atomic mass is 31.2. The van der Waals surface area contributed by atoms with Crippen LogP contribution in [-0.4, -0.2) is 25.2 Å². The molecule has 1 atom stereocenters. The highest BCUT2D eigenvalue weighted by Gasteiger charge is 2.19. The van der Waals surface area contributed by atoms with E-state index in [1.54, 1.807) is 12.1 Å². The van der Waals surface area contributed by atoms with E-state index in [0.717, 1.165) is 38.5 Å². The molecule has 1 aliphatic rings. The van der Waals surface area contributed by atoms with E-state index in [-0.39, 0.29) is 30.9 Å². The molecular weight excluding hydrogens is 381 g/mol. The van der Waals surface area contributed by atoms with Crippen molar-refractivity contribution >= 4 is 13.7 Å². The van der Waals surface area contributed by atoms with Gasteiger partial charge in [0.1, 0.15) is 11.5 Å². The second-order valence-corrected chi connectivity index (χ2v) is 8.37. The molecule has 8 heteroatoms. The predicted molar refractivity (Wildman–Crippen MR) is 105 cm³/mol. The van der Waals surface area contributed by atoms with Crippen LogP contribution in [-0.2, 0) is 13.9 Å². The Balaban J connectivity index is 1.63. The quantitative estimate of drug-likeness (QED) is 0.367. The molecule has 0 heterocycles. The van der Waals surface area contributed by atoms with E-state index >= 15 is 0 Å². The Morgan fingerprint density at radius 2 is 1.96 bits per heavy atom. The van der Waals surface area contributed by atoms with Gasteiger partial charge in [-0.25, -0.2) is 0 Å². The molecule has 28 heavy (non-hydrogen) atoms. The molecule has 0 radical (unpaired) electrons.